The molecule has 0 aliphatic heterocycles. The Morgan fingerprint density at radius 2 is 2.00 bits per heavy atom. The number of benzene rings is 1. The molecule has 0 bridgehead atoms. The van der Waals surface area contributed by atoms with E-state index in [1.165, 1.54) is 11.1 Å². The van der Waals surface area contributed by atoms with Gasteiger partial charge in [0.2, 0.25) is 0 Å². The lowest BCUT2D eigenvalue weighted by Crippen LogP contribution is -2.18. The van der Waals surface area contributed by atoms with Crippen LogP contribution < -0.4 is 5.73 Å². The van der Waals surface area contributed by atoms with E-state index in [4.69, 9.17) is 5.73 Å². The van der Waals surface area contributed by atoms with Gasteiger partial charge in [-0.1, -0.05) is 48.9 Å². The predicted octanol–water partition coefficient (Wildman–Crippen LogP) is 3.22. The number of nitrogens with two attached hydrogens (primary N) is 1. The van der Waals surface area contributed by atoms with Crippen molar-refractivity contribution < 1.29 is 0 Å². The smallest absolute Gasteiger partial charge is 0.00734 e. The third-order valence-corrected chi connectivity index (χ3v) is 2.32. The highest BCUT2D eigenvalue weighted by Gasteiger charge is 1.99. The SMILES string of the molecule is CCC(N)C/C(C)=C/c1ccccc1. The summed E-state index contributed by atoms with van der Waals surface area (Å²) in [6.07, 6.45) is 4.24. The van der Waals surface area contributed by atoms with Crippen LogP contribution in [0.4, 0.5) is 0 Å². The summed E-state index contributed by atoms with van der Waals surface area (Å²) in [5.41, 5.74) is 8.50. The molecule has 1 nitrogen and oxygen atoms in total. The highest BCUT2D eigenvalue weighted by atomic mass is 14.6. The number of rotatable bonds is 4. The second-order valence-electron chi connectivity index (χ2n) is 3.77. The molecule has 0 aliphatic rings. The molecule has 76 valence electrons. The molecule has 0 fully saturated rings. The molecule has 0 spiro atoms. The summed E-state index contributed by atoms with van der Waals surface area (Å²) in [5.74, 6) is 0. The van der Waals surface area contributed by atoms with Crippen LogP contribution in [0.5, 0.6) is 0 Å². The molecule has 1 aromatic rings. The van der Waals surface area contributed by atoms with Crippen LogP contribution in [0.2, 0.25) is 0 Å². The van der Waals surface area contributed by atoms with E-state index in [2.05, 4.69) is 44.2 Å². The lowest BCUT2D eigenvalue weighted by Gasteiger charge is -2.08. The highest BCUT2D eigenvalue weighted by molar-refractivity contribution is 5.52. The van der Waals surface area contributed by atoms with Gasteiger partial charge in [-0.2, -0.15) is 0 Å². The number of hydrogen-bond donors (Lipinski definition) is 1. The minimum Gasteiger partial charge on any atom is -0.327 e. The van der Waals surface area contributed by atoms with E-state index >= 15 is 0 Å². The van der Waals surface area contributed by atoms with Gasteiger partial charge in [-0.25, -0.2) is 0 Å². The topological polar surface area (TPSA) is 26.0 Å². The quantitative estimate of drug-likeness (QED) is 0.773. The second kappa shape index (κ2) is 5.61. The van der Waals surface area contributed by atoms with E-state index in [1.807, 2.05) is 6.07 Å². The average Bonchev–Trinajstić information content (AvgIpc) is 2.19. The van der Waals surface area contributed by atoms with Gasteiger partial charge in [0.25, 0.3) is 0 Å². The van der Waals surface area contributed by atoms with Gasteiger partial charge >= 0.3 is 0 Å². The van der Waals surface area contributed by atoms with Crippen LogP contribution in [0, 0.1) is 0 Å². The third-order valence-electron chi connectivity index (χ3n) is 2.32. The van der Waals surface area contributed by atoms with Gasteiger partial charge in [-0.05, 0) is 25.3 Å². The van der Waals surface area contributed by atoms with Crippen molar-refractivity contribution in [2.24, 2.45) is 5.73 Å². The zero-order valence-corrected chi connectivity index (χ0v) is 9.03. The summed E-state index contributed by atoms with van der Waals surface area (Å²) >= 11 is 0. The molecular formula is C13H19N. The first-order valence-corrected chi connectivity index (χ1v) is 5.20. The van der Waals surface area contributed by atoms with E-state index in [0.29, 0.717) is 6.04 Å². The van der Waals surface area contributed by atoms with E-state index in [9.17, 15) is 0 Å². The monoisotopic (exact) mass is 189 g/mol. The fourth-order valence-corrected chi connectivity index (χ4v) is 1.45. The first-order valence-electron chi connectivity index (χ1n) is 5.20. The van der Waals surface area contributed by atoms with Crippen molar-refractivity contribution in [2.45, 2.75) is 32.7 Å². The molecule has 1 rings (SSSR count). The maximum absolute atomic E-state index is 5.89. The van der Waals surface area contributed by atoms with Crippen LogP contribution in [0.1, 0.15) is 32.3 Å². The largest absolute Gasteiger partial charge is 0.327 e. The maximum Gasteiger partial charge on any atom is 0.00734 e. The van der Waals surface area contributed by atoms with Crippen LogP contribution >= 0.6 is 0 Å². The molecule has 0 saturated heterocycles. The van der Waals surface area contributed by atoms with Gasteiger partial charge in [0.1, 0.15) is 0 Å². The second-order valence-corrected chi connectivity index (χ2v) is 3.77. The Hall–Kier alpha value is -1.08. The molecule has 1 heteroatoms. The summed E-state index contributed by atoms with van der Waals surface area (Å²) in [4.78, 5) is 0. The van der Waals surface area contributed by atoms with Crippen molar-refractivity contribution in [3.63, 3.8) is 0 Å². The van der Waals surface area contributed by atoms with Crippen LogP contribution in [-0.4, -0.2) is 6.04 Å². The minimum absolute atomic E-state index is 0.301. The summed E-state index contributed by atoms with van der Waals surface area (Å²) < 4.78 is 0. The number of hydrogen-bond acceptors (Lipinski definition) is 1. The normalized spacial score (nSPS) is 14.1. The molecule has 1 atom stereocenters. The van der Waals surface area contributed by atoms with Crippen LogP contribution in [-0.2, 0) is 0 Å². The lowest BCUT2D eigenvalue weighted by atomic mass is 10.0. The van der Waals surface area contributed by atoms with Crippen molar-refractivity contribution in [3.8, 4) is 0 Å². The van der Waals surface area contributed by atoms with Gasteiger partial charge in [0.15, 0.2) is 0 Å². The van der Waals surface area contributed by atoms with Crippen LogP contribution in [0.3, 0.4) is 0 Å². The van der Waals surface area contributed by atoms with Crippen molar-refractivity contribution in [1.29, 1.82) is 0 Å². The van der Waals surface area contributed by atoms with E-state index in [0.717, 1.165) is 12.8 Å². The molecule has 0 radical (unpaired) electrons. The van der Waals surface area contributed by atoms with Crippen molar-refractivity contribution >= 4 is 6.08 Å². The summed E-state index contributed by atoms with van der Waals surface area (Å²) in [7, 11) is 0. The zero-order chi connectivity index (χ0) is 10.4. The third kappa shape index (κ3) is 3.75. The molecule has 0 saturated carbocycles. The Bertz CT molecular complexity index is 287. The van der Waals surface area contributed by atoms with Crippen molar-refractivity contribution in [1.82, 2.24) is 0 Å². The van der Waals surface area contributed by atoms with Crippen LogP contribution in [0.25, 0.3) is 6.08 Å². The minimum atomic E-state index is 0.301. The molecule has 2 N–H and O–H groups in total. The molecular weight excluding hydrogens is 170 g/mol. The Morgan fingerprint density at radius 1 is 1.36 bits per heavy atom. The van der Waals surface area contributed by atoms with E-state index in [-0.39, 0.29) is 0 Å². The summed E-state index contributed by atoms with van der Waals surface area (Å²) in [5, 5.41) is 0. The Labute approximate surface area is 86.6 Å². The molecule has 0 aliphatic carbocycles. The fourth-order valence-electron chi connectivity index (χ4n) is 1.45. The van der Waals surface area contributed by atoms with Gasteiger partial charge in [-0.15, -0.1) is 0 Å². The van der Waals surface area contributed by atoms with Gasteiger partial charge in [-0.3, -0.25) is 0 Å². The van der Waals surface area contributed by atoms with Gasteiger partial charge in [0.05, 0.1) is 0 Å². The van der Waals surface area contributed by atoms with E-state index in [1.54, 1.807) is 0 Å². The molecule has 0 aromatic heterocycles. The first-order chi connectivity index (χ1) is 6.72. The molecule has 1 aromatic carbocycles. The highest BCUT2D eigenvalue weighted by Crippen LogP contribution is 2.11. The Morgan fingerprint density at radius 3 is 2.57 bits per heavy atom. The van der Waals surface area contributed by atoms with Crippen LogP contribution in [0.15, 0.2) is 35.9 Å². The van der Waals surface area contributed by atoms with Crippen molar-refractivity contribution in [2.75, 3.05) is 0 Å². The fraction of sp³-hybridized carbons (Fsp3) is 0.385. The predicted molar refractivity (Wildman–Crippen MR) is 63.0 cm³/mol. The Kier molecular flexibility index (Phi) is 4.41. The molecule has 0 amide bonds. The Balaban J connectivity index is 2.60. The molecule has 0 heterocycles. The first kappa shape index (κ1) is 11.0. The van der Waals surface area contributed by atoms with Gasteiger partial charge < -0.3 is 5.73 Å². The standard InChI is InChI=1S/C13H19N/c1-3-13(14)10-11(2)9-12-7-5-4-6-8-12/h4-9,13H,3,10,14H2,1-2H3/b11-9+. The molecule has 14 heavy (non-hydrogen) atoms. The zero-order valence-electron chi connectivity index (χ0n) is 9.03. The van der Waals surface area contributed by atoms with E-state index < -0.39 is 0 Å². The molecule has 1 unspecified atom stereocenters. The van der Waals surface area contributed by atoms with Gasteiger partial charge in [0, 0.05) is 6.04 Å². The summed E-state index contributed by atoms with van der Waals surface area (Å²) in [6.45, 7) is 4.27. The summed E-state index contributed by atoms with van der Waals surface area (Å²) in [6, 6.07) is 10.7. The average molecular weight is 189 g/mol. The van der Waals surface area contributed by atoms with Crippen molar-refractivity contribution in [3.05, 3.63) is 41.5 Å². The lowest BCUT2D eigenvalue weighted by molar-refractivity contribution is 0.644. The maximum atomic E-state index is 5.89.